The van der Waals surface area contributed by atoms with Crippen LogP contribution in [0.2, 0.25) is 10.0 Å². The van der Waals surface area contributed by atoms with Gasteiger partial charge >= 0.3 is 0 Å². The van der Waals surface area contributed by atoms with Gasteiger partial charge in [0.25, 0.3) is 0 Å². The summed E-state index contributed by atoms with van der Waals surface area (Å²) in [6.07, 6.45) is 0.418. The lowest BCUT2D eigenvalue weighted by Gasteiger charge is -2.25. The fourth-order valence-electron chi connectivity index (χ4n) is 1.42. The molecule has 8 heteroatoms. The van der Waals surface area contributed by atoms with E-state index >= 15 is 0 Å². The Morgan fingerprint density at radius 2 is 1.89 bits per heavy atom. The molecule has 0 fully saturated rings. The van der Waals surface area contributed by atoms with Gasteiger partial charge in [-0.05, 0) is 32.4 Å². The molecule has 0 heterocycles. The Balaban J connectivity index is 3.19. The van der Waals surface area contributed by atoms with Crippen molar-refractivity contribution in [1.82, 2.24) is 4.72 Å². The number of alkyl halides is 1. The Morgan fingerprint density at radius 3 is 2.42 bits per heavy atom. The summed E-state index contributed by atoms with van der Waals surface area (Å²) in [5, 5.41) is -0.759. The van der Waals surface area contributed by atoms with Crippen LogP contribution in [-0.4, -0.2) is 19.8 Å². The van der Waals surface area contributed by atoms with Crippen LogP contribution in [-0.2, 0) is 10.0 Å². The van der Waals surface area contributed by atoms with Crippen molar-refractivity contribution in [2.45, 2.75) is 30.7 Å². The Kier molecular flexibility index (Phi) is 5.49. The SMILES string of the molecule is CC(C)(CCCl)NS(=O)(=O)c1ccc(Cl)c(F)c1Cl. The van der Waals surface area contributed by atoms with Gasteiger partial charge in [-0.15, -0.1) is 11.6 Å². The van der Waals surface area contributed by atoms with Crippen LogP contribution in [0.3, 0.4) is 0 Å². The van der Waals surface area contributed by atoms with E-state index in [2.05, 4.69) is 4.72 Å². The molecule has 0 radical (unpaired) electrons. The number of benzene rings is 1. The third-order valence-electron chi connectivity index (χ3n) is 2.42. The van der Waals surface area contributed by atoms with Gasteiger partial charge in [0.1, 0.15) is 4.90 Å². The molecule has 0 saturated heterocycles. The quantitative estimate of drug-likeness (QED) is 0.649. The average molecular weight is 349 g/mol. The molecule has 1 N–H and O–H groups in total. The number of rotatable bonds is 5. The van der Waals surface area contributed by atoms with Crippen molar-refractivity contribution < 1.29 is 12.8 Å². The topological polar surface area (TPSA) is 46.2 Å². The maximum Gasteiger partial charge on any atom is 0.242 e. The molecule has 1 aromatic rings. The van der Waals surface area contributed by atoms with Gasteiger partial charge in [0, 0.05) is 11.4 Å². The van der Waals surface area contributed by atoms with Gasteiger partial charge in [0.05, 0.1) is 10.0 Å². The van der Waals surface area contributed by atoms with E-state index in [0.717, 1.165) is 12.1 Å². The maximum absolute atomic E-state index is 13.5. The number of nitrogens with one attached hydrogen (secondary N) is 1. The molecule has 0 spiro atoms. The molecular formula is C11H13Cl3FNO2S. The Bertz CT molecular complexity index is 576. The molecule has 3 nitrogen and oxygen atoms in total. The third kappa shape index (κ3) is 4.20. The smallest absolute Gasteiger partial charge is 0.207 e. The zero-order valence-electron chi connectivity index (χ0n) is 10.3. The van der Waals surface area contributed by atoms with E-state index in [1.54, 1.807) is 13.8 Å². The number of halogens is 4. The fourth-order valence-corrected chi connectivity index (χ4v) is 4.08. The summed E-state index contributed by atoms with van der Waals surface area (Å²) in [5.74, 6) is -0.667. The fraction of sp³-hybridized carbons (Fsp3) is 0.455. The van der Waals surface area contributed by atoms with Crippen molar-refractivity contribution in [3.63, 3.8) is 0 Å². The van der Waals surface area contributed by atoms with Gasteiger partial charge in [-0.3, -0.25) is 0 Å². The van der Waals surface area contributed by atoms with Gasteiger partial charge in [-0.1, -0.05) is 23.2 Å². The van der Waals surface area contributed by atoms with E-state index in [4.69, 9.17) is 34.8 Å². The maximum atomic E-state index is 13.5. The molecule has 0 amide bonds. The van der Waals surface area contributed by atoms with Crippen molar-refractivity contribution >= 4 is 44.8 Å². The first-order chi connectivity index (χ1) is 8.60. The van der Waals surface area contributed by atoms with E-state index < -0.39 is 26.4 Å². The van der Waals surface area contributed by atoms with Gasteiger partial charge in [-0.25, -0.2) is 17.5 Å². The molecule has 1 rings (SSSR count). The molecule has 1 aromatic carbocycles. The third-order valence-corrected chi connectivity index (χ3v) is 5.12. The van der Waals surface area contributed by atoms with E-state index in [0.29, 0.717) is 6.42 Å². The molecule has 0 bridgehead atoms. The minimum Gasteiger partial charge on any atom is -0.207 e. The van der Waals surface area contributed by atoms with Crippen LogP contribution in [0.1, 0.15) is 20.3 Å². The minimum absolute atomic E-state index is 0.232. The summed E-state index contributed by atoms with van der Waals surface area (Å²) in [6, 6.07) is 2.30. The van der Waals surface area contributed by atoms with Crippen LogP contribution in [0.15, 0.2) is 17.0 Å². The first kappa shape index (κ1) is 17.0. The highest BCUT2D eigenvalue weighted by Crippen LogP contribution is 2.30. The van der Waals surface area contributed by atoms with E-state index in [1.807, 2.05) is 0 Å². The molecule has 0 unspecified atom stereocenters. The highest BCUT2D eigenvalue weighted by atomic mass is 35.5. The van der Waals surface area contributed by atoms with Crippen LogP contribution in [0, 0.1) is 5.82 Å². The monoisotopic (exact) mass is 347 g/mol. The van der Waals surface area contributed by atoms with Crippen LogP contribution in [0.4, 0.5) is 4.39 Å². The van der Waals surface area contributed by atoms with Crippen molar-refractivity contribution in [3.8, 4) is 0 Å². The van der Waals surface area contributed by atoms with Gasteiger partial charge in [-0.2, -0.15) is 0 Å². The second kappa shape index (κ2) is 6.14. The van der Waals surface area contributed by atoms with Crippen LogP contribution in [0.5, 0.6) is 0 Å². The Morgan fingerprint density at radius 1 is 1.32 bits per heavy atom. The first-order valence-corrected chi connectivity index (χ1v) is 8.11. The molecule has 0 aromatic heterocycles. The lowest BCUT2D eigenvalue weighted by atomic mass is 10.0. The summed E-state index contributed by atoms with van der Waals surface area (Å²) in [4.78, 5) is -0.348. The van der Waals surface area contributed by atoms with Crippen molar-refractivity contribution in [2.75, 3.05) is 5.88 Å². The standard InChI is InChI=1S/C11H13Cl3FNO2S/c1-11(2,5-6-12)16-19(17,18)8-4-3-7(13)10(15)9(8)14/h3-4,16H,5-6H2,1-2H3. The minimum atomic E-state index is -3.95. The van der Waals surface area contributed by atoms with Crippen LogP contribution < -0.4 is 4.72 Å². The van der Waals surface area contributed by atoms with Gasteiger partial charge in [0.2, 0.25) is 10.0 Å². The lowest BCUT2D eigenvalue weighted by molar-refractivity contribution is 0.441. The summed E-state index contributed by atoms with van der Waals surface area (Å²) < 4.78 is 40.3. The highest BCUT2D eigenvalue weighted by Gasteiger charge is 2.28. The Labute approximate surface area is 127 Å². The van der Waals surface area contributed by atoms with E-state index in [1.165, 1.54) is 0 Å². The lowest BCUT2D eigenvalue weighted by Crippen LogP contribution is -2.43. The molecule has 0 atom stereocenters. The zero-order valence-corrected chi connectivity index (χ0v) is 13.4. The molecule has 0 aliphatic carbocycles. The normalized spacial score (nSPS) is 12.7. The van der Waals surface area contributed by atoms with Crippen molar-refractivity contribution in [1.29, 1.82) is 0 Å². The predicted molar refractivity (Wildman–Crippen MR) is 76.2 cm³/mol. The average Bonchev–Trinajstić information content (AvgIpc) is 2.23. The molecular weight excluding hydrogens is 336 g/mol. The van der Waals surface area contributed by atoms with Crippen molar-refractivity contribution in [2.24, 2.45) is 0 Å². The van der Waals surface area contributed by atoms with E-state index in [9.17, 15) is 12.8 Å². The van der Waals surface area contributed by atoms with Crippen LogP contribution in [0.25, 0.3) is 0 Å². The van der Waals surface area contributed by atoms with E-state index in [-0.39, 0.29) is 15.8 Å². The van der Waals surface area contributed by atoms with Gasteiger partial charge in [0.15, 0.2) is 5.82 Å². The molecule has 108 valence electrons. The number of hydrogen-bond donors (Lipinski definition) is 1. The zero-order chi connectivity index (χ0) is 14.8. The molecule has 0 saturated carbocycles. The summed E-state index contributed by atoms with van der Waals surface area (Å²) in [6.45, 7) is 3.35. The molecule has 0 aliphatic heterocycles. The predicted octanol–water partition coefficient (Wildman–Crippen LogP) is 3.82. The summed E-state index contributed by atoms with van der Waals surface area (Å²) in [5.41, 5.74) is -0.764. The second-order valence-corrected chi connectivity index (χ2v) is 7.42. The summed E-state index contributed by atoms with van der Waals surface area (Å²) >= 11 is 16.8. The number of sulfonamides is 1. The largest absolute Gasteiger partial charge is 0.242 e. The Hall–Kier alpha value is -0.0700. The molecule has 19 heavy (non-hydrogen) atoms. The second-order valence-electron chi connectivity index (χ2n) is 4.60. The first-order valence-electron chi connectivity index (χ1n) is 5.34. The summed E-state index contributed by atoms with van der Waals surface area (Å²) in [7, 11) is -3.95. The van der Waals surface area contributed by atoms with Crippen LogP contribution >= 0.6 is 34.8 Å². The highest BCUT2D eigenvalue weighted by molar-refractivity contribution is 7.89. The molecule has 0 aliphatic rings. The van der Waals surface area contributed by atoms with Crippen molar-refractivity contribution in [3.05, 3.63) is 28.0 Å². The van der Waals surface area contributed by atoms with Gasteiger partial charge < -0.3 is 0 Å². The number of hydrogen-bond acceptors (Lipinski definition) is 2.